The highest BCUT2D eigenvalue weighted by Gasteiger charge is 2.56. The molecule has 6 atom stereocenters. The maximum absolute atomic E-state index is 12.8. The van der Waals surface area contributed by atoms with Gasteiger partial charge in [0.05, 0.1) is 6.04 Å². The first-order valence-electron chi connectivity index (χ1n) is 15.3. The summed E-state index contributed by atoms with van der Waals surface area (Å²) in [5.41, 5.74) is 5.92. The molecule has 6 nitrogen and oxygen atoms in total. The highest BCUT2D eigenvalue weighted by molar-refractivity contribution is 5.96. The van der Waals surface area contributed by atoms with Gasteiger partial charge in [-0.2, -0.15) is 0 Å². The molecule has 6 rings (SSSR count). The Morgan fingerprint density at radius 3 is 2.35 bits per heavy atom. The second-order valence-corrected chi connectivity index (χ2v) is 13.5. The monoisotopic (exact) mass is 543 g/mol. The number of benzene rings is 2. The lowest BCUT2D eigenvalue weighted by Gasteiger charge is -2.61. The number of nitrogens with one attached hydrogen (secondary N) is 3. The van der Waals surface area contributed by atoms with Gasteiger partial charge < -0.3 is 20.9 Å². The van der Waals surface area contributed by atoms with Crippen molar-refractivity contribution in [1.82, 2.24) is 15.5 Å². The van der Waals surface area contributed by atoms with Crippen molar-refractivity contribution in [3.63, 3.8) is 0 Å². The van der Waals surface area contributed by atoms with E-state index in [-0.39, 0.29) is 5.91 Å². The second kappa shape index (κ2) is 11.6. The maximum Gasteiger partial charge on any atom is 0.251 e. The molecule has 1 saturated heterocycles. The van der Waals surface area contributed by atoms with Crippen LogP contribution in [-0.4, -0.2) is 54.5 Å². The van der Waals surface area contributed by atoms with Crippen LogP contribution in [0.15, 0.2) is 47.5 Å². The fourth-order valence-electron chi connectivity index (χ4n) is 7.52. The summed E-state index contributed by atoms with van der Waals surface area (Å²) in [6.45, 7) is 18.5. The molecule has 1 heterocycles. The molecule has 0 aromatic heterocycles. The number of hydrogen-bond acceptors (Lipinski definition) is 3. The summed E-state index contributed by atoms with van der Waals surface area (Å²) in [7, 11) is 0. The van der Waals surface area contributed by atoms with Crippen molar-refractivity contribution < 1.29 is 4.79 Å². The van der Waals surface area contributed by atoms with Crippen molar-refractivity contribution in [2.24, 2.45) is 28.2 Å². The number of guanidine groups is 1. The Morgan fingerprint density at radius 2 is 1.73 bits per heavy atom. The molecular weight excluding hydrogens is 494 g/mol. The van der Waals surface area contributed by atoms with Gasteiger partial charge in [-0.25, -0.2) is 4.99 Å². The van der Waals surface area contributed by atoms with Crippen molar-refractivity contribution in [2.75, 3.05) is 25.0 Å². The molecule has 0 spiro atoms. The molecule has 4 aliphatic rings. The molecule has 3 N–H and O–H groups in total. The number of amides is 1. The average Bonchev–Trinajstić information content (AvgIpc) is 2.90. The van der Waals surface area contributed by atoms with Crippen LogP contribution in [0.25, 0.3) is 0 Å². The van der Waals surface area contributed by atoms with Crippen LogP contribution in [0.2, 0.25) is 0 Å². The molecule has 2 unspecified atom stereocenters. The van der Waals surface area contributed by atoms with Gasteiger partial charge in [0, 0.05) is 43.0 Å². The third-order valence-electron chi connectivity index (χ3n) is 10.0. The first-order valence-corrected chi connectivity index (χ1v) is 15.3. The lowest BCUT2D eigenvalue weighted by atomic mass is 9.45. The molecule has 4 fully saturated rings. The van der Waals surface area contributed by atoms with Crippen molar-refractivity contribution in [2.45, 2.75) is 85.9 Å². The summed E-state index contributed by atoms with van der Waals surface area (Å²) in [6, 6.07) is 15.5. The quantitative estimate of drug-likeness (QED) is 0.318. The second-order valence-electron chi connectivity index (χ2n) is 13.5. The number of fused-ring (bicyclic) bond motifs is 2. The zero-order valence-electron chi connectivity index (χ0n) is 25.6. The third kappa shape index (κ3) is 6.07. The number of nitrogens with zero attached hydrogens (tertiary/aromatic N) is 2. The van der Waals surface area contributed by atoms with Crippen molar-refractivity contribution >= 4 is 17.6 Å². The minimum Gasteiger partial charge on any atom is -0.352 e. The van der Waals surface area contributed by atoms with Crippen LogP contribution in [0.5, 0.6) is 0 Å². The smallest absolute Gasteiger partial charge is 0.251 e. The summed E-state index contributed by atoms with van der Waals surface area (Å²) < 4.78 is 0. The van der Waals surface area contributed by atoms with Crippen LogP contribution in [0.1, 0.15) is 74.5 Å². The highest BCUT2D eigenvalue weighted by atomic mass is 16.1. The third-order valence-corrected chi connectivity index (χ3v) is 10.0. The van der Waals surface area contributed by atoms with Crippen LogP contribution in [0.3, 0.4) is 0 Å². The number of rotatable bonds is 6. The Balaban J connectivity index is 1.25. The van der Waals surface area contributed by atoms with E-state index in [4.69, 9.17) is 4.99 Å². The molecular formula is C34H49N5O. The molecule has 1 aliphatic heterocycles. The van der Waals surface area contributed by atoms with Gasteiger partial charge in [-0.3, -0.25) is 4.79 Å². The van der Waals surface area contributed by atoms with Crippen LogP contribution in [-0.2, 0) is 6.42 Å². The Hall–Kier alpha value is -2.86. The number of anilines is 1. The summed E-state index contributed by atoms with van der Waals surface area (Å²) in [5.74, 6) is 3.06. The summed E-state index contributed by atoms with van der Waals surface area (Å²) >= 11 is 0. The standard InChI is InChI=1S/C34H49N5O/c1-21-8-9-26(22(2)16-21)14-15-35-32(40)27-10-12-29(13-11-27)37-33(39-19-23(3)36-24(4)20-39)38-31-18-28-17-30(25(31)5)34(28,6)7/h8-13,16,23-25,28,30-31,36H,14-15,17-20H2,1-7H3,(H,35,40)(H,37,38)/t23?,24?,25-,28+,30-,31-/m0/s1. The largest absolute Gasteiger partial charge is 0.352 e. The van der Waals surface area contributed by atoms with E-state index < -0.39 is 0 Å². The van der Waals surface area contributed by atoms with Crippen LogP contribution < -0.4 is 16.0 Å². The van der Waals surface area contributed by atoms with Gasteiger partial charge in [-0.05, 0) is 106 Å². The van der Waals surface area contributed by atoms with Crippen molar-refractivity contribution in [3.05, 3.63) is 64.7 Å². The molecule has 1 amide bonds. The normalized spacial score (nSPS) is 29.5. The first kappa shape index (κ1) is 28.7. The van der Waals surface area contributed by atoms with Gasteiger partial charge in [0.1, 0.15) is 0 Å². The van der Waals surface area contributed by atoms with Gasteiger partial charge in [-0.1, -0.05) is 44.5 Å². The zero-order valence-corrected chi connectivity index (χ0v) is 25.6. The predicted octanol–water partition coefficient (Wildman–Crippen LogP) is 5.80. The van der Waals surface area contributed by atoms with E-state index in [0.29, 0.717) is 41.6 Å². The highest BCUT2D eigenvalue weighted by Crippen LogP contribution is 2.61. The van der Waals surface area contributed by atoms with E-state index in [1.165, 1.54) is 29.5 Å². The summed E-state index contributed by atoms with van der Waals surface area (Å²) in [4.78, 5) is 20.7. The molecule has 3 aliphatic carbocycles. The number of aliphatic imine (C=N–C) groups is 1. The van der Waals surface area contributed by atoms with E-state index in [1.54, 1.807) is 0 Å². The molecule has 6 heteroatoms. The van der Waals surface area contributed by atoms with Crippen molar-refractivity contribution in [3.8, 4) is 0 Å². The van der Waals surface area contributed by atoms with E-state index in [0.717, 1.165) is 43.0 Å². The van der Waals surface area contributed by atoms with Gasteiger partial charge in [-0.15, -0.1) is 0 Å². The Kier molecular flexibility index (Phi) is 8.28. The van der Waals surface area contributed by atoms with Gasteiger partial charge in [0.2, 0.25) is 0 Å². The number of piperazine rings is 1. The minimum absolute atomic E-state index is 0.0344. The zero-order chi connectivity index (χ0) is 28.6. The minimum atomic E-state index is -0.0344. The fourth-order valence-corrected chi connectivity index (χ4v) is 7.52. The average molecular weight is 544 g/mol. The van der Waals surface area contributed by atoms with Crippen LogP contribution in [0.4, 0.5) is 5.69 Å². The number of carbonyl (C=O) groups is 1. The molecule has 2 aromatic carbocycles. The van der Waals surface area contributed by atoms with Crippen LogP contribution >= 0.6 is 0 Å². The topological polar surface area (TPSA) is 68.8 Å². The summed E-state index contributed by atoms with van der Waals surface area (Å²) in [6.07, 6.45) is 3.37. The number of aryl methyl sites for hydroxylation is 2. The fraction of sp³-hybridized carbons (Fsp3) is 0.588. The molecule has 2 aromatic rings. The summed E-state index contributed by atoms with van der Waals surface area (Å²) in [5, 5.41) is 10.4. The van der Waals surface area contributed by atoms with Gasteiger partial charge >= 0.3 is 0 Å². The lowest BCUT2D eigenvalue weighted by Crippen LogP contribution is -2.59. The SMILES string of the molecule is Cc1ccc(CCNC(=O)c2ccc(N/C(=N\[C@H]3C[C@H]4C[C@@H]([C@@H]3C)C4(C)C)N3CC(C)NC(C)C3)cc2)c(C)c1. The van der Waals surface area contributed by atoms with E-state index >= 15 is 0 Å². The van der Waals surface area contributed by atoms with Gasteiger partial charge in [0.25, 0.3) is 5.91 Å². The van der Waals surface area contributed by atoms with Crippen molar-refractivity contribution in [1.29, 1.82) is 0 Å². The van der Waals surface area contributed by atoms with Crippen LogP contribution in [0, 0.1) is 37.0 Å². The molecule has 0 radical (unpaired) electrons. The van der Waals surface area contributed by atoms with E-state index in [1.807, 2.05) is 24.3 Å². The Bertz CT molecular complexity index is 1230. The molecule has 40 heavy (non-hydrogen) atoms. The van der Waals surface area contributed by atoms with E-state index in [9.17, 15) is 4.79 Å². The predicted molar refractivity (Wildman–Crippen MR) is 166 cm³/mol. The first-order chi connectivity index (χ1) is 19.0. The Labute approximate surface area is 241 Å². The van der Waals surface area contributed by atoms with Gasteiger partial charge in [0.15, 0.2) is 5.96 Å². The van der Waals surface area contributed by atoms with E-state index in [2.05, 4.69) is 87.5 Å². The lowest BCUT2D eigenvalue weighted by molar-refractivity contribution is -0.108. The maximum atomic E-state index is 12.8. The molecule has 2 bridgehead atoms. The Morgan fingerprint density at radius 1 is 1.02 bits per heavy atom. The number of carbonyl (C=O) groups excluding carboxylic acids is 1. The number of hydrogen-bond donors (Lipinski definition) is 3. The molecule has 216 valence electrons. The molecule has 3 saturated carbocycles.